The first kappa shape index (κ1) is 12.9. The van der Waals surface area contributed by atoms with Crippen molar-refractivity contribution < 1.29 is 9.18 Å². The monoisotopic (exact) mass is 280 g/mol. The highest BCUT2D eigenvalue weighted by atomic mass is 32.1. The Morgan fingerprint density at radius 2 is 2.21 bits per heavy atom. The largest absolute Gasteiger partial charge is 0.348 e. The maximum Gasteiger partial charge on any atom is 0.254 e. The van der Waals surface area contributed by atoms with Gasteiger partial charge in [0.05, 0.1) is 5.56 Å². The second kappa shape index (κ2) is 5.13. The van der Waals surface area contributed by atoms with E-state index in [0.717, 1.165) is 25.9 Å². The lowest BCUT2D eigenvalue weighted by Crippen LogP contribution is -2.42. The summed E-state index contributed by atoms with van der Waals surface area (Å²) in [5, 5.41) is 2.98. The van der Waals surface area contributed by atoms with Crippen LogP contribution in [0.2, 0.25) is 0 Å². The third-order valence-corrected chi connectivity index (χ3v) is 4.40. The molecule has 0 radical (unpaired) electrons. The van der Waals surface area contributed by atoms with Crippen LogP contribution in [0.25, 0.3) is 0 Å². The first-order valence-corrected chi connectivity index (χ1v) is 7.13. The Hall–Kier alpha value is -1.07. The molecule has 2 unspecified atom stereocenters. The molecule has 1 amide bonds. The molecule has 2 atom stereocenters. The summed E-state index contributed by atoms with van der Waals surface area (Å²) in [5.41, 5.74) is 0.0870. The van der Waals surface area contributed by atoms with Gasteiger partial charge in [0.15, 0.2) is 0 Å². The lowest BCUT2D eigenvalue weighted by atomic mass is 10.1. The fourth-order valence-electron chi connectivity index (χ4n) is 3.18. The fourth-order valence-corrected chi connectivity index (χ4v) is 3.39. The molecule has 0 aromatic heterocycles. The first-order chi connectivity index (χ1) is 9.15. The number of nitrogens with zero attached hydrogens (tertiary/aromatic N) is 1. The SMILES string of the molecule is O=C(NC1CCN2CCCC12)c1cc(S)ccc1F. The van der Waals surface area contributed by atoms with Crippen molar-refractivity contribution in [3.63, 3.8) is 0 Å². The summed E-state index contributed by atoms with van der Waals surface area (Å²) in [7, 11) is 0. The number of halogens is 1. The molecule has 102 valence electrons. The zero-order chi connectivity index (χ0) is 13.4. The average Bonchev–Trinajstić information content (AvgIpc) is 2.97. The van der Waals surface area contributed by atoms with Gasteiger partial charge in [-0.2, -0.15) is 0 Å². The number of nitrogens with one attached hydrogen (secondary N) is 1. The second-order valence-corrected chi connectivity index (χ2v) is 5.79. The molecule has 1 N–H and O–H groups in total. The summed E-state index contributed by atoms with van der Waals surface area (Å²) in [5.74, 6) is -0.816. The van der Waals surface area contributed by atoms with Crippen molar-refractivity contribution in [1.29, 1.82) is 0 Å². The van der Waals surface area contributed by atoms with Gasteiger partial charge in [0.2, 0.25) is 0 Å². The zero-order valence-corrected chi connectivity index (χ0v) is 11.5. The van der Waals surface area contributed by atoms with Gasteiger partial charge in [0.1, 0.15) is 5.82 Å². The van der Waals surface area contributed by atoms with Crippen LogP contribution in [0.4, 0.5) is 4.39 Å². The predicted molar refractivity (Wildman–Crippen MR) is 74.1 cm³/mol. The molecule has 2 aliphatic heterocycles. The molecule has 3 rings (SSSR count). The van der Waals surface area contributed by atoms with Crippen LogP contribution in [0.5, 0.6) is 0 Å². The third-order valence-electron chi connectivity index (χ3n) is 4.12. The number of benzene rings is 1. The molecule has 0 saturated carbocycles. The van der Waals surface area contributed by atoms with E-state index in [1.54, 1.807) is 6.07 Å². The number of carbonyl (C=O) groups is 1. The second-order valence-electron chi connectivity index (χ2n) is 5.28. The number of hydrogen-bond donors (Lipinski definition) is 2. The van der Waals surface area contributed by atoms with Gasteiger partial charge in [-0.3, -0.25) is 9.69 Å². The summed E-state index contributed by atoms with van der Waals surface area (Å²) in [6.07, 6.45) is 3.27. The molecule has 5 heteroatoms. The molecule has 0 bridgehead atoms. The van der Waals surface area contributed by atoms with Crippen LogP contribution in [0, 0.1) is 5.82 Å². The Balaban J connectivity index is 1.73. The lowest BCUT2D eigenvalue weighted by Gasteiger charge is -2.21. The van der Waals surface area contributed by atoms with Crippen molar-refractivity contribution in [3.8, 4) is 0 Å². The van der Waals surface area contributed by atoms with E-state index in [2.05, 4.69) is 22.8 Å². The van der Waals surface area contributed by atoms with Gasteiger partial charge in [0, 0.05) is 23.5 Å². The molecule has 0 spiro atoms. The van der Waals surface area contributed by atoms with Crippen LogP contribution in [-0.4, -0.2) is 36.0 Å². The van der Waals surface area contributed by atoms with Crippen LogP contribution >= 0.6 is 12.6 Å². The van der Waals surface area contributed by atoms with E-state index in [9.17, 15) is 9.18 Å². The van der Waals surface area contributed by atoms with Crippen molar-refractivity contribution in [2.45, 2.75) is 36.2 Å². The number of rotatable bonds is 2. The van der Waals surface area contributed by atoms with Crippen LogP contribution in [-0.2, 0) is 0 Å². The first-order valence-electron chi connectivity index (χ1n) is 6.68. The highest BCUT2D eigenvalue weighted by Gasteiger charge is 2.38. The molecule has 1 aromatic rings. The van der Waals surface area contributed by atoms with Crippen LogP contribution < -0.4 is 5.32 Å². The Morgan fingerprint density at radius 3 is 3.05 bits per heavy atom. The number of fused-ring (bicyclic) bond motifs is 1. The van der Waals surface area contributed by atoms with Crippen molar-refractivity contribution in [2.75, 3.05) is 13.1 Å². The number of carbonyl (C=O) groups excluding carboxylic acids is 1. The third kappa shape index (κ3) is 2.49. The number of hydrogen-bond acceptors (Lipinski definition) is 3. The average molecular weight is 280 g/mol. The summed E-state index contributed by atoms with van der Waals surface area (Å²) in [6.45, 7) is 2.15. The van der Waals surface area contributed by atoms with Gasteiger partial charge < -0.3 is 5.32 Å². The molecule has 3 nitrogen and oxygen atoms in total. The van der Waals surface area contributed by atoms with Gasteiger partial charge in [-0.25, -0.2) is 4.39 Å². The van der Waals surface area contributed by atoms with E-state index < -0.39 is 5.82 Å². The minimum absolute atomic E-state index is 0.0870. The van der Waals surface area contributed by atoms with Gasteiger partial charge in [-0.05, 0) is 44.0 Å². The van der Waals surface area contributed by atoms with E-state index in [1.165, 1.54) is 18.6 Å². The molecular formula is C14H17FN2OS. The van der Waals surface area contributed by atoms with E-state index in [4.69, 9.17) is 0 Å². The minimum Gasteiger partial charge on any atom is -0.348 e. The smallest absolute Gasteiger partial charge is 0.254 e. The Kier molecular flexibility index (Phi) is 3.50. The fraction of sp³-hybridized carbons (Fsp3) is 0.500. The molecular weight excluding hydrogens is 263 g/mol. The summed E-state index contributed by atoms with van der Waals surface area (Å²) in [4.78, 5) is 15.2. The molecule has 19 heavy (non-hydrogen) atoms. The molecule has 2 fully saturated rings. The molecule has 2 heterocycles. The van der Waals surface area contributed by atoms with Crippen LogP contribution in [0.3, 0.4) is 0 Å². The molecule has 2 saturated heterocycles. The number of amides is 1. The van der Waals surface area contributed by atoms with Crippen molar-refractivity contribution in [2.24, 2.45) is 0 Å². The zero-order valence-electron chi connectivity index (χ0n) is 10.6. The Labute approximate surface area is 117 Å². The summed E-state index contributed by atoms with van der Waals surface area (Å²) >= 11 is 4.15. The molecule has 1 aromatic carbocycles. The Bertz CT molecular complexity index is 508. The predicted octanol–water partition coefficient (Wildman–Crippen LogP) is 2.08. The van der Waals surface area contributed by atoms with Gasteiger partial charge in [0.25, 0.3) is 5.91 Å². The summed E-state index contributed by atoms with van der Waals surface area (Å²) in [6, 6.07) is 4.90. The normalized spacial score (nSPS) is 26.4. The summed E-state index contributed by atoms with van der Waals surface area (Å²) < 4.78 is 13.7. The highest BCUT2D eigenvalue weighted by Crippen LogP contribution is 2.28. The number of thiol groups is 1. The van der Waals surface area contributed by atoms with Crippen LogP contribution in [0.15, 0.2) is 23.1 Å². The maximum absolute atomic E-state index is 13.7. The standard InChI is InChI=1S/C14H17FN2OS/c15-11-4-3-9(19)8-10(11)14(18)16-12-5-7-17-6-1-2-13(12)17/h3-4,8,12-13,19H,1-2,5-7H2,(H,16,18). The van der Waals surface area contributed by atoms with Crippen LogP contribution in [0.1, 0.15) is 29.6 Å². The molecule has 2 aliphatic rings. The highest BCUT2D eigenvalue weighted by molar-refractivity contribution is 7.80. The Morgan fingerprint density at radius 1 is 1.37 bits per heavy atom. The van der Waals surface area contributed by atoms with Crippen molar-refractivity contribution in [1.82, 2.24) is 10.2 Å². The van der Waals surface area contributed by atoms with Crippen molar-refractivity contribution >= 4 is 18.5 Å². The maximum atomic E-state index is 13.7. The lowest BCUT2D eigenvalue weighted by molar-refractivity contribution is 0.0925. The van der Waals surface area contributed by atoms with E-state index >= 15 is 0 Å². The van der Waals surface area contributed by atoms with Gasteiger partial charge >= 0.3 is 0 Å². The quantitative estimate of drug-likeness (QED) is 0.813. The van der Waals surface area contributed by atoms with Gasteiger partial charge in [-0.15, -0.1) is 12.6 Å². The molecule has 0 aliphatic carbocycles. The van der Waals surface area contributed by atoms with Gasteiger partial charge in [-0.1, -0.05) is 0 Å². The minimum atomic E-state index is -0.489. The topological polar surface area (TPSA) is 32.3 Å². The van der Waals surface area contributed by atoms with E-state index in [0.29, 0.717) is 10.9 Å². The van der Waals surface area contributed by atoms with E-state index in [-0.39, 0.29) is 17.5 Å². The van der Waals surface area contributed by atoms with E-state index in [1.807, 2.05) is 0 Å². The van der Waals surface area contributed by atoms with Crippen molar-refractivity contribution in [3.05, 3.63) is 29.6 Å².